The quantitative estimate of drug-likeness (QED) is 0.187. The van der Waals surface area contributed by atoms with E-state index in [1.807, 2.05) is 41.9 Å². The van der Waals surface area contributed by atoms with Crippen LogP contribution in [-0.2, 0) is 0 Å². The second kappa shape index (κ2) is 10.9. The van der Waals surface area contributed by atoms with Crippen LogP contribution in [-0.4, -0.2) is 29.1 Å². The third kappa shape index (κ3) is 4.16. The lowest BCUT2D eigenvalue weighted by molar-refractivity contribution is 0.952. The van der Waals surface area contributed by atoms with E-state index in [0.29, 0.717) is 17.6 Å². The molecule has 5 aromatic heterocycles. The summed E-state index contributed by atoms with van der Waals surface area (Å²) in [6, 6.07) is 50.8. The number of hydrogen-bond donors (Lipinski definition) is 0. The van der Waals surface area contributed by atoms with E-state index in [2.05, 4.69) is 142 Å². The predicted molar refractivity (Wildman–Crippen MR) is 210 cm³/mol. The number of benzene rings is 6. The van der Waals surface area contributed by atoms with Gasteiger partial charge in [-0.15, -0.1) is 11.3 Å². The molecule has 7 heteroatoms. The average Bonchev–Trinajstić information content (AvgIpc) is 3.86. The van der Waals surface area contributed by atoms with E-state index in [0.717, 1.165) is 44.3 Å². The Morgan fingerprint density at radius 3 is 2.02 bits per heavy atom. The van der Waals surface area contributed by atoms with E-state index in [1.54, 1.807) is 0 Å². The van der Waals surface area contributed by atoms with Crippen LogP contribution in [0.3, 0.4) is 0 Å². The molecule has 0 saturated heterocycles. The van der Waals surface area contributed by atoms with E-state index >= 15 is 0 Å². The second-order valence-corrected chi connectivity index (χ2v) is 13.8. The normalized spacial score (nSPS) is 11.9. The molecule has 0 aliphatic heterocycles. The third-order valence-corrected chi connectivity index (χ3v) is 11.1. The van der Waals surface area contributed by atoms with Gasteiger partial charge >= 0.3 is 0 Å². The lowest BCUT2D eigenvalue weighted by Crippen LogP contribution is -2.07. The van der Waals surface area contributed by atoms with Gasteiger partial charge in [-0.1, -0.05) is 103 Å². The van der Waals surface area contributed by atoms with E-state index in [4.69, 9.17) is 15.0 Å². The Balaban J connectivity index is 1.23. The summed E-state index contributed by atoms with van der Waals surface area (Å²) in [6.45, 7) is 0. The summed E-state index contributed by atoms with van der Waals surface area (Å²) in [7, 11) is 0. The first-order valence-corrected chi connectivity index (χ1v) is 17.7. The first-order valence-electron chi connectivity index (χ1n) is 16.9. The van der Waals surface area contributed by atoms with Crippen molar-refractivity contribution in [1.82, 2.24) is 29.1 Å². The predicted octanol–water partition coefficient (Wildman–Crippen LogP) is 11.2. The maximum Gasteiger partial charge on any atom is 0.238 e. The molecule has 0 aliphatic carbocycles. The van der Waals surface area contributed by atoms with Crippen LogP contribution < -0.4 is 0 Å². The number of pyridine rings is 1. The van der Waals surface area contributed by atoms with Crippen LogP contribution >= 0.6 is 11.3 Å². The smallest absolute Gasteiger partial charge is 0.238 e. The van der Waals surface area contributed by atoms with Crippen molar-refractivity contribution in [1.29, 1.82) is 0 Å². The topological polar surface area (TPSA) is 61.4 Å². The fourth-order valence-electron chi connectivity index (χ4n) is 7.69. The van der Waals surface area contributed by atoms with E-state index in [1.165, 1.54) is 36.3 Å². The third-order valence-electron chi connectivity index (χ3n) is 9.90. The van der Waals surface area contributed by atoms with Gasteiger partial charge in [-0.25, -0.2) is 4.98 Å². The number of nitrogens with zero attached hydrogens (tertiary/aromatic N) is 6. The minimum atomic E-state index is 0.573. The molecule has 51 heavy (non-hydrogen) atoms. The Hall–Kier alpha value is -6.70. The molecule has 0 aliphatic rings. The second-order valence-electron chi connectivity index (χ2n) is 12.7. The van der Waals surface area contributed by atoms with Gasteiger partial charge in [0.2, 0.25) is 5.95 Å². The van der Waals surface area contributed by atoms with Crippen LogP contribution in [0.5, 0.6) is 0 Å². The largest absolute Gasteiger partial charge is 0.307 e. The molecule has 0 atom stereocenters. The van der Waals surface area contributed by atoms with Crippen molar-refractivity contribution in [3.05, 3.63) is 158 Å². The van der Waals surface area contributed by atoms with Gasteiger partial charge < -0.3 is 4.57 Å². The van der Waals surface area contributed by atoms with Gasteiger partial charge in [-0.05, 0) is 42.5 Å². The molecule has 0 N–H and O–H groups in total. The highest BCUT2D eigenvalue weighted by molar-refractivity contribution is 7.26. The molecule has 238 valence electrons. The van der Waals surface area contributed by atoms with Crippen LogP contribution in [0.2, 0.25) is 0 Å². The van der Waals surface area contributed by atoms with E-state index in [-0.39, 0.29) is 0 Å². The summed E-state index contributed by atoms with van der Waals surface area (Å²) in [5.74, 6) is 1.78. The summed E-state index contributed by atoms with van der Waals surface area (Å²) in [5.41, 5.74) is 7.04. The number of para-hydroxylation sites is 3. The molecule has 0 radical (unpaired) electrons. The van der Waals surface area contributed by atoms with Gasteiger partial charge in [0.25, 0.3) is 0 Å². The van der Waals surface area contributed by atoms with Gasteiger partial charge in [-0.2, -0.15) is 9.97 Å². The van der Waals surface area contributed by atoms with Crippen molar-refractivity contribution < 1.29 is 0 Å². The molecular weight excluding hydrogens is 645 g/mol. The molecule has 0 fully saturated rings. The number of rotatable bonds is 4. The highest BCUT2D eigenvalue weighted by Gasteiger charge is 2.22. The summed E-state index contributed by atoms with van der Waals surface area (Å²) in [6.07, 6.45) is 3.79. The zero-order chi connectivity index (χ0) is 33.5. The fourth-order valence-corrected chi connectivity index (χ4v) is 8.95. The number of hydrogen-bond acceptors (Lipinski definition) is 5. The summed E-state index contributed by atoms with van der Waals surface area (Å²) in [4.78, 5) is 20.3. The van der Waals surface area contributed by atoms with Crippen LogP contribution in [0.15, 0.2) is 158 Å². The fraction of sp³-hybridized carbons (Fsp3) is 0. The van der Waals surface area contributed by atoms with Gasteiger partial charge in [0, 0.05) is 59.0 Å². The monoisotopic (exact) mass is 670 g/mol. The van der Waals surface area contributed by atoms with Crippen LogP contribution in [0.25, 0.3) is 98.2 Å². The zero-order valence-corrected chi connectivity index (χ0v) is 27.9. The Kier molecular flexibility index (Phi) is 6.02. The molecule has 11 rings (SSSR count). The summed E-state index contributed by atoms with van der Waals surface area (Å²) >= 11 is 1.84. The van der Waals surface area contributed by atoms with Gasteiger partial charge in [0.15, 0.2) is 11.6 Å². The van der Waals surface area contributed by atoms with E-state index in [9.17, 15) is 0 Å². The molecule has 0 unspecified atom stereocenters. The standard InChI is InChI=1S/C44H26N6S/c1-2-12-27(13-3-1)42-46-43(33-17-6-10-20-36(33)49-34-18-8-4-14-28(34)29-24-25-45-26-38(29)49)48-44(47-42)50-35-19-9-5-16-32(35)40-37(50)23-22-31-30-15-7-11-21-39(30)51-41(31)40/h1-26H. The molecule has 0 spiro atoms. The van der Waals surface area contributed by atoms with Gasteiger partial charge in [-0.3, -0.25) is 9.55 Å². The number of aromatic nitrogens is 6. The molecule has 0 bridgehead atoms. The Morgan fingerprint density at radius 1 is 0.451 bits per heavy atom. The minimum absolute atomic E-state index is 0.573. The lowest BCUT2D eigenvalue weighted by atomic mass is 10.1. The highest BCUT2D eigenvalue weighted by atomic mass is 32.1. The van der Waals surface area contributed by atoms with Crippen molar-refractivity contribution in [3.8, 4) is 34.4 Å². The molecule has 0 amide bonds. The lowest BCUT2D eigenvalue weighted by Gasteiger charge is -2.15. The van der Waals surface area contributed by atoms with Crippen LogP contribution in [0.1, 0.15) is 0 Å². The Labute approximate surface area is 295 Å². The number of thiophene rings is 1. The first kappa shape index (κ1) is 28.2. The maximum absolute atomic E-state index is 5.34. The van der Waals surface area contributed by atoms with Crippen LogP contribution in [0.4, 0.5) is 0 Å². The SMILES string of the molecule is c1ccc(-c2nc(-c3ccccc3-n3c4ccccc4c4ccncc43)nc(-n3c4ccccc4c4c5sc6ccccc6c5ccc43)n2)cc1. The summed E-state index contributed by atoms with van der Waals surface area (Å²) in [5, 5.41) is 7.25. The summed E-state index contributed by atoms with van der Waals surface area (Å²) < 4.78 is 7.03. The maximum atomic E-state index is 5.34. The van der Waals surface area contributed by atoms with Crippen molar-refractivity contribution in [2.45, 2.75) is 0 Å². The van der Waals surface area contributed by atoms with Gasteiger partial charge in [0.05, 0.1) is 34.0 Å². The molecule has 6 aromatic carbocycles. The molecule has 6 nitrogen and oxygen atoms in total. The van der Waals surface area contributed by atoms with Crippen LogP contribution in [0, 0.1) is 0 Å². The minimum Gasteiger partial charge on any atom is -0.307 e. The van der Waals surface area contributed by atoms with Gasteiger partial charge in [0.1, 0.15) is 0 Å². The van der Waals surface area contributed by atoms with Crippen molar-refractivity contribution in [2.24, 2.45) is 0 Å². The highest BCUT2D eigenvalue weighted by Crippen LogP contribution is 2.43. The molecule has 11 aromatic rings. The zero-order valence-electron chi connectivity index (χ0n) is 27.1. The average molecular weight is 671 g/mol. The first-order chi connectivity index (χ1) is 25.3. The van der Waals surface area contributed by atoms with Crippen molar-refractivity contribution in [2.75, 3.05) is 0 Å². The Bertz CT molecular complexity index is 3100. The number of fused-ring (bicyclic) bond motifs is 10. The van der Waals surface area contributed by atoms with E-state index < -0.39 is 0 Å². The van der Waals surface area contributed by atoms with Crippen molar-refractivity contribution >= 4 is 75.1 Å². The Morgan fingerprint density at radius 2 is 1.14 bits per heavy atom. The molecule has 5 heterocycles. The molecule has 0 saturated carbocycles. The molecular formula is C44H26N6S. The van der Waals surface area contributed by atoms with Crippen molar-refractivity contribution in [3.63, 3.8) is 0 Å².